The molecule has 2 aromatic rings. The van der Waals surface area contributed by atoms with Gasteiger partial charge in [0.1, 0.15) is 5.75 Å². The zero-order chi connectivity index (χ0) is 14.9. The molecule has 0 radical (unpaired) electrons. The molecule has 0 amide bonds. The highest BCUT2D eigenvalue weighted by Gasteiger charge is 2.27. The normalized spacial score (nSPS) is 21.0. The van der Waals surface area contributed by atoms with Crippen LogP contribution >= 0.6 is 0 Å². The van der Waals surface area contributed by atoms with Crippen molar-refractivity contribution in [1.82, 2.24) is 10.2 Å². The molecule has 1 unspecified atom stereocenters. The van der Waals surface area contributed by atoms with E-state index in [4.69, 9.17) is 9.15 Å². The molecule has 4 rings (SSSR count). The first kappa shape index (κ1) is 13.6. The van der Waals surface area contributed by atoms with Crippen molar-refractivity contribution in [3.63, 3.8) is 0 Å². The molecule has 1 saturated carbocycles. The molecule has 5 heteroatoms. The van der Waals surface area contributed by atoms with Crippen molar-refractivity contribution in [2.75, 3.05) is 12.4 Å². The number of hydrogen-bond acceptors (Lipinski definition) is 5. The van der Waals surface area contributed by atoms with Crippen molar-refractivity contribution in [3.05, 3.63) is 35.2 Å². The number of aromatic nitrogens is 2. The number of fused-ring (bicyclic) bond motifs is 1. The summed E-state index contributed by atoms with van der Waals surface area (Å²) in [5.41, 5.74) is 2.66. The number of rotatable bonds is 4. The molecule has 2 aliphatic carbocycles. The fourth-order valence-corrected chi connectivity index (χ4v) is 3.33. The molecule has 1 fully saturated rings. The molecule has 1 atom stereocenters. The fraction of sp³-hybridized carbons (Fsp3) is 0.529. The van der Waals surface area contributed by atoms with E-state index in [2.05, 4.69) is 27.6 Å². The number of anilines is 1. The summed E-state index contributed by atoms with van der Waals surface area (Å²) in [6.07, 6.45) is 6.96. The van der Waals surface area contributed by atoms with Gasteiger partial charge in [-0.3, -0.25) is 0 Å². The Morgan fingerprint density at radius 3 is 2.86 bits per heavy atom. The first-order valence-electron chi connectivity index (χ1n) is 8.10. The van der Waals surface area contributed by atoms with Crippen molar-refractivity contribution in [1.29, 1.82) is 0 Å². The summed E-state index contributed by atoms with van der Waals surface area (Å²) in [4.78, 5) is 0. The Labute approximate surface area is 130 Å². The van der Waals surface area contributed by atoms with Gasteiger partial charge in [0, 0.05) is 5.92 Å². The number of ether oxygens (including phenoxy) is 1. The Morgan fingerprint density at radius 1 is 1.18 bits per heavy atom. The molecule has 0 spiro atoms. The maximum Gasteiger partial charge on any atom is 0.315 e. The third kappa shape index (κ3) is 2.45. The number of nitrogens with zero attached hydrogens (tertiary/aromatic N) is 2. The summed E-state index contributed by atoms with van der Waals surface area (Å²) >= 11 is 0. The zero-order valence-electron chi connectivity index (χ0n) is 12.8. The van der Waals surface area contributed by atoms with E-state index in [9.17, 15) is 0 Å². The van der Waals surface area contributed by atoms with Crippen molar-refractivity contribution in [2.45, 2.75) is 50.5 Å². The summed E-state index contributed by atoms with van der Waals surface area (Å²) in [5, 5.41) is 11.8. The molecule has 0 saturated heterocycles. The van der Waals surface area contributed by atoms with E-state index in [1.54, 1.807) is 7.11 Å². The highest BCUT2D eigenvalue weighted by molar-refractivity contribution is 5.42. The molecule has 1 aromatic heterocycles. The van der Waals surface area contributed by atoms with Crippen LogP contribution in [0.1, 0.15) is 61.1 Å². The van der Waals surface area contributed by atoms with E-state index < -0.39 is 0 Å². The van der Waals surface area contributed by atoms with Gasteiger partial charge < -0.3 is 14.5 Å². The van der Waals surface area contributed by atoms with Gasteiger partial charge in [-0.2, -0.15) is 0 Å². The smallest absolute Gasteiger partial charge is 0.315 e. The SMILES string of the molecule is COc1ccc2c(c1)CCCC2Nc1nnc(C2CCC2)o1. The maximum absolute atomic E-state index is 5.79. The van der Waals surface area contributed by atoms with Gasteiger partial charge in [-0.1, -0.05) is 17.6 Å². The molecule has 116 valence electrons. The maximum atomic E-state index is 5.79. The van der Waals surface area contributed by atoms with Crippen LogP contribution in [0.3, 0.4) is 0 Å². The largest absolute Gasteiger partial charge is 0.497 e. The summed E-state index contributed by atoms with van der Waals surface area (Å²) in [6, 6.07) is 7.09. The lowest BCUT2D eigenvalue weighted by molar-refractivity contribution is 0.337. The number of aryl methyl sites for hydroxylation is 1. The van der Waals surface area contributed by atoms with Gasteiger partial charge in [0.05, 0.1) is 13.2 Å². The lowest BCUT2D eigenvalue weighted by Crippen LogP contribution is -2.17. The van der Waals surface area contributed by atoms with E-state index >= 15 is 0 Å². The standard InChI is InChI=1S/C17H21N3O2/c1-21-13-8-9-14-12(10-13)6-3-7-15(14)18-17-20-19-16(22-17)11-4-2-5-11/h8-11,15H,2-7H2,1H3,(H,18,20). The predicted molar refractivity (Wildman–Crippen MR) is 83.2 cm³/mol. The van der Waals surface area contributed by atoms with E-state index in [1.165, 1.54) is 30.4 Å². The average Bonchev–Trinajstić information content (AvgIpc) is 2.93. The lowest BCUT2D eigenvalue weighted by atomic mass is 9.85. The van der Waals surface area contributed by atoms with Crippen molar-refractivity contribution in [2.24, 2.45) is 0 Å². The quantitative estimate of drug-likeness (QED) is 0.929. The third-order valence-corrected chi connectivity index (χ3v) is 4.86. The van der Waals surface area contributed by atoms with Crippen molar-refractivity contribution < 1.29 is 9.15 Å². The average molecular weight is 299 g/mol. The summed E-state index contributed by atoms with van der Waals surface area (Å²) in [5.74, 6) is 2.19. The molecule has 22 heavy (non-hydrogen) atoms. The number of benzene rings is 1. The first-order chi connectivity index (χ1) is 10.8. The van der Waals surface area contributed by atoms with Gasteiger partial charge >= 0.3 is 6.01 Å². The number of hydrogen-bond donors (Lipinski definition) is 1. The summed E-state index contributed by atoms with van der Waals surface area (Å²) < 4.78 is 11.1. The summed E-state index contributed by atoms with van der Waals surface area (Å²) in [7, 11) is 1.71. The number of nitrogens with one attached hydrogen (secondary N) is 1. The molecular formula is C17H21N3O2. The molecule has 1 aromatic carbocycles. The van der Waals surface area contributed by atoms with E-state index in [0.717, 1.165) is 30.9 Å². The highest BCUT2D eigenvalue weighted by Crippen LogP contribution is 2.37. The van der Waals surface area contributed by atoms with Gasteiger partial charge in [0.25, 0.3) is 0 Å². The zero-order valence-corrected chi connectivity index (χ0v) is 12.8. The molecule has 0 aliphatic heterocycles. The minimum atomic E-state index is 0.240. The molecule has 1 N–H and O–H groups in total. The van der Waals surface area contributed by atoms with Crippen LogP contribution in [0.4, 0.5) is 6.01 Å². The second kappa shape index (κ2) is 5.63. The minimum Gasteiger partial charge on any atom is -0.497 e. The van der Waals surface area contributed by atoms with Gasteiger partial charge in [0.2, 0.25) is 5.89 Å². The van der Waals surface area contributed by atoms with Crippen molar-refractivity contribution in [3.8, 4) is 5.75 Å². The first-order valence-corrected chi connectivity index (χ1v) is 8.10. The van der Waals surface area contributed by atoms with Crippen LogP contribution in [0.15, 0.2) is 22.6 Å². The molecular weight excluding hydrogens is 278 g/mol. The van der Waals surface area contributed by atoms with Crippen LogP contribution in [-0.2, 0) is 6.42 Å². The van der Waals surface area contributed by atoms with Crippen LogP contribution in [0.2, 0.25) is 0 Å². The van der Waals surface area contributed by atoms with E-state index in [1.807, 2.05) is 6.07 Å². The topological polar surface area (TPSA) is 60.2 Å². The fourth-order valence-electron chi connectivity index (χ4n) is 3.33. The van der Waals surface area contributed by atoms with Crippen molar-refractivity contribution >= 4 is 6.01 Å². The monoisotopic (exact) mass is 299 g/mol. The second-order valence-corrected chi connectivity index (χ2v) is 6.23. The third-order valence-electron chi connectivity index (χ3n) is 4.86. The van der Waals surface area contributed by atoms with Gasteiger partial charge in [0.15, 0.2) is 0 Å². The Morgan fingerprint density at radius 2 is 2.09 bits per heavy atom. The predicted octanol–water partition coefficient (Wildman–Crippen LogP) is 3.84. The van der Waals surface area contributed by atoms with Gasteiger partial charge in [-0.25, -0.2) is 0 Å². The minimum absolute atomic E-state index is 0.240. The van der Waals surface area contributed by atoms with Crippen LogP contribution in [0.5, 0.6) is 5.75 Å². The summed E-state index contributed by atoms with van der Waals surface area (Å²) in [6.45, 7) is 0. The lowest BCUT2D eigenvalue weighted by Gasteiger charge is -2.26. The molecule has 2 aliphatic rings. The van der Waals surface area contributed by atoms with E-state index in [-0.39, 0.29) is 6.04 Å². The Balaban J connectivity index is 1.53. The van der Waals surface area contributed by atoms with Crippen LogP contribution in [0, 0.1) is 0 Å². The van der Waals surface area contributed by atoms with Gasteiger partial charge in [-0.05, 0) is 55.4 Å². The van der Waals surface area contributed by atoms with Crippen LogP contribution in [-0.4, -0.2) is 17.3 Å². The Hall–Kier alpha value is -2.04. The van der Waals surface area contributed by atoms with Gasteiger partial charge in [-0.15, -0.1) is 5.10 Å². The molecule has 0 bridgehead atoms. The van der Waals surface area contributed by atoms with Crippen LogP contribution in [0.25, 0.3) is 0 Å². The molecule has 5 nitrogen and oxygen atoms in total. The van der Waals surface area contributed by atoms with Crippen LogP contribution < -0.4 is 10.1 Å². The number of methoxy groups -OCH3 is 1. The molecule has 1 heterocycles. The second-order valence-electron chi connectivity index (χ2n) is 6.23. The Bertz CT molecular complexity index is 664. The highest BCUT2D eigenvalue weighted by atomic mass is 16.5. The van der Waals surface area contributed by atoms with E-state index in [0.29, 0.717) is 11.9 Å². The Kier molecular flexibility index (Phi) is 3.48.